The normalized spacial score (nSPS) is 19.5. The molecule has 0 spiro atoms. The highest BCUT2D eigenvalue weighted by atomic mass is 79.9. The number of anilines is 1. The second-order valence-corrected chi connectivity index (χ2v) is 7.79. The van der Waals surface area contributed by atoms with Gasteiger partial charge in [0.15, 0.2) is 0 Å². The molecule has 0 atom stereocenters. The first kappa shape index (κ1) is 14.6. The second kappa shape index (κ2) is 6.65. The van der Waals surface area contributed by atoms with E-state index in [1.807, 2.05) is 11.8 Å². The Hall–Kier alpha value is -0.290. The molecule has 1 aromatic rings. The maximum atomic E-state index is 4.82. The van der Waals surface area contributed by atoms with Crippen molar-refractivity contribution >= 4 is 33.5 Å². The molecule has 1 aromatic heterocycles. The number of nitrogens with one attached hydrogen (secondary N) is 1. The Bertz CT molecular complexity index is 470. The summed E-state index contributed by atoms with van der Waals surface area (Å²) in [6.45, 7) is 3.01. The number of rotatable bonds is 6. The summed E-state index contributed by atoms with van der Waals surface area (Å²) in [5, 5.41) is 4.19. The van der Waals surface area contributed by atoms with Crippen molar-refractivity contribution in [3.63, 3.8) is 0 Å². The van der Waals surface area contributed by atoms with E-state index < -0.39 is 0 Å². The Kier molecular flexibility index (Phi) is 4.87. The molecule has 2 fully saturated rings. The first-order chi connectivity index (χ1) is 9.78. The molecule has 2 saturated carbocycles. The lowest BCUT2D eigenvalue weighted by atomic mass is 10.2. The van der Waals surface area contributed by atoms with Crippen molar-refractivity contribution in [1.82, 2.24) is 9.97 Å². The van der Waals surface area contributed by atoms with Crippen LogP contribution in [0.4, 0.5) is 5.82 Å². The van der Waals surface area contributed by atoms with E-state index in [-0.39, 0.29) is 0 Å². The van der Waals surface area contributed by atoms with Crippen molar-refractivity contribution in [3.05, 3.63) is 16.0 Å². The smallest absolute Gasteiger partial charge is 0.144 e. The standard InChI is InChI=1S/C15H22BrN3S/c1-2-17-15-13(16)14(10-7-8-10)18-12(19-15)9-20-11-5-3-4-6-11/h10-11H,2-9H2,1H3,(H,17,18,19). The van der Waals surface area contributed by atoms with E-state index in [9.17, 15) is 0 Å². The van der Waals surface area contributed by atoms with Gasteiger partial charge in [-0.2, -0.15) is 11.8 Å². The molecule has 0 saturated heterocycles. The molecular formula is C15H22BrN3S. The summed E-state index contributed by atoms with van der Waals surface area (Å²) >= 11 is 5.72. The lowest BCUT2D eigenvalue weighted by molar-refractivity contribution is 0.886. The molecule has 3 nitrogen and oxygen atoms in total. The van der Waals surface area contributed by atoms with Crippen LogP contribution in [0.5, 0.6) is 0 Å². The summed E-state index contributed by atoms with van der Waals surface area (Å²) in [5.41, 5.74) is 1.22. The molecule has 0 aliphatic heterocycles. The molecule has 3 rings (SSSR count). The van der Waals surface area contributed by atoms with Gasteiger partial charge in [-0.25, -0.2) is 9.97 Å². The third kappa shape index (κ3) is 3.48. The Balaban J connectivity index is 1.74. The largest absolute Gasteiger partial charge is 0.369 e. The second-order valence-electron chi connectivity index (χ2n) is 5.71. The molecular weight excluding hydrogens is 334 g/mol. The zero-order valence-corrected chi connectivity index (χ0v) is 14.4. The van der Waals surface area contributed by atoms with E-state index in [1.54, 1.807) is 0 Å². The van der Waals surface area contributed by atoms with Gasteiger partial charge >= 0.3 is 0 Å². The molecule has 0 bridgehead atoms. The molecule has 110 valence electrons. The van der Waals surface area contributed by atoms with Crippen LogP contribution in [0.1, 0.15) is 62.9 Å². The summed E-state index contributed by atoms with van der Waals surface area (Å²) in [4.78, 5) is 9.52. The van der Waals surface area contributed by atoms with E-state index in [2.05, 4.69) is 28.2 Å². The quantitative estimate of drug-likeness (QED) is 0.800. The van der Waals surface area contributed by atoms with Gasteiger partial charge < -0.3 is 5.32 Å². The first-order valence-corrected chi connectivity index (χ1v) is 9.54. The summed E-state index contributed by atoms with van der Waals surface area (Å²) in [6.07, 6.45) is 8.09. The molecule has 0 amide bonds. The summed E-state index contributed by atoms with van der Waals surface area (Å²) in [5.74, 6) is 3.59. The highest BCUT2D eigenvalue weighted by Gasteiger charge is 2.29. The monoisotopic (exact) mass is 355 g/mol. The highest BCUT2D eigenvalue weighted by Crippen LogP contribution is 2.44. The molecule has 1 N–H and O–H groups in total. The number of hydrogen-bond donors (Lipinski definition) is 1. The van der Waals surface area contributed by atoms with Crippen LogP contribution in [0.3, 0.4) is 0 Å². The molecule has 5 heteroatoms. The van der Waals surface area contributed by atoms with Gasteiger partial charge in [-0.15, -0.1) is 0 Å². The average Bonchev–Trinajstić information content (AvgIpc) is 3.16. The summed E-state index contributed by atoms with van der Waals surface area (Å²) in [7, 11) is 0. The van der Waals surface area contributed by atoms with Crippen molar-refractivity contribution in [3.8, 4) is 0 Å². The minimum absolute atomic E-state index is 0.653. The van der Waals surface area contributed by atoms with Crippen molar-refractivity contribution < 1.29 is 0 Å². The fourth-order valence-electron chi connectivity index (χ4n) is 2.74. The van der Waals surface area contributed by atoms with E-state index in [0.29, 0.717) is 5.92 Å². The van der Waals surface area contributed by atoms with E-state index in [0.717, 1.165) is 33.7 Å². The maximum Gasteiger partial charge on any atom is 0.144 e. The third-order valence-electron chi connectivity index (χ3n) is 3.98. The Morgan fingerprint density at radius 3 is 2.60 bits per heavy atom. The van der Waals surface area contributed by atoms with Gasteiger partial charge in [-0.3, -0.25) is 0 Å². The molecule has 2 aliphatic carbocycles. The molecule has 1 heterocycles. The van der Waals surface area contributed by atoms with Crippen molar-refractivity contribution in [2.24, 2.45) is 0 Å². The molecule has 2 aliphatic rings. The van der Waals surface area contributed by atoms with Crippen LogP contribution >= 0.6 is 27.7 Å². The first-order valence-electron chi connectivity index (χ1n) is 7.69. The highest BCUT2D eigenvalue weighted by molar-refractivity contribution is 9.10. The van der Waals surface area contributed by atoms with Crippen LogP contribution in [-0.2, 0) is 5.75 Å². The van der Waals surface area contributed by atoms with E-state index in [4.69, 9.17) is 9.97 Å². The minimum atomic E-state index is 0.653. The van der Waals surface area contributed by atoms with Crippen LogP contribution in [0.2, 0.25) is 0 Å². The van der Waals surface area contributed by atoms with Crippen molar-refractivity contribution in [1.29, 1.82) is 0 Å². The number of hydrogen-bond acceptors (Lipinski definition) is 4. The number of halogens is 1. The predicted molar refractivity (Wildman–Crippen MR) is 89.4 cm³/mol. The van der Waals surface area contributed by atoms with E-state index >= 15 is 0 Å². The van der Waals surface area contributed by atoms with Gasteiger partial charge in [0.05, 0.1) is 15.9 Å². The molecule has 0 aromatic carbocycles. The van der Waals surface area contributed by atoms with Gasteiger partial charge in [0.2, 0.25) is 0 Å². The van der Waals surface area contributed by atoms with Crippen molar-refractivity contribution in [2.45, 2.75) is 62.4 Å². The van der Waals surface area contributed by atoms with Crippen LogP contribution < -0.4 is 5.32 Å². The SMILES string of the molecule is CCNc1nc(CSC2CCCC2)nc(C2CC2)c1Br. The average molecular weight is 356 g/mol. The lowest BCUT2D eigenvalue weighted by Crippen LogP contribution is -2.08. The number of nitrogens with zero attached hydrogens (tertiary/aromatic N) is 2. The van der Waals surface area contributed by atoms with Crippen LogP contribution in [0, 0.1) is 0 Å². The van der Waals surface area contributed by atoms with Gasteiger partial charge in [0.1, 0.15) is 11.6 Å². The van der Waals surface area contributed by atoms with Gasteiger partial charge in [-0.05, 0) is 48.5 Å². The Morgan fingerprint density at radius 2 is 1.95 bits per heavy atom. The summed E-state index contributed by atoms with van der Waals surface area (Å²) in [6, 6.07) is 0. The number of aromatic nitrogens is 2. The third-order valence-corrected chi connectivity index (χ3v) is 6.13. The fourth-order valence-corrected chi connectivity index (χ4v) is 4.56. The molecule has 20 heavy (non-hydrogen) atoms. The maximum absolute atomic E-state index is 4.82. The lowest BCUT2D eigenvalue weighted by Gasteiger charge is -2.13. The number of thioether (sulfide) groups is 1. The predicted octanol–water partition coefficient (Wildman–Crippen LogP) is 4.72. The van der Waals surface area contributed by atoms with Crippen LogP contribution in [0.15, 0.2) is 4.47 Å². The van der Waals surface area contributed by atoms with Crippen LogP contribution in [-0.4, -0.2) is 21.8 Å². The summed E-state index contributed by atoms with van der Waals surface area (Å²) < 4.78 is 1.08. The van der Waals surface area contributed by atoms with Crippen LogP contribution in [0.25, 0.3) is 0 Å². The zero-order valence-electron chi connectivity index (χ0n) is 12.0. The van der Waals surface area contributed by atoms with Gasteiger partial charge in [0.25, 0.3) is 0 Å². The Labute approximate surface area is 133 Å². The van der Waals surface area contributed by atoms with Gasteiger partial charge in [0, 0.05) is 17.7 Å². The van der Waals surface area contributed by atoms with Crippen molar-refractivity contribution in [2.75, 3.05) is 11.9 Å². The van der Waals surface area contributed by atoms with E-state index in [1.165, 1.54) is 44.2 Å². The van der Waals surface area contributed by atoms with Gasteiger partial charge in [-0.1, -0.05) is 12.8 Å². The fraction of sp³-hybridized carbons (Fsp3) is 0.733. The Morgan fingerprint density at radius 1 is 1.20 bits per heavy atom. The topological polar surface area (TPSA) is 37.8 Å². The minimum Gasteiger partial charge on any atom is -0.369 e. The zero-order chi connectivity index (χ0) is 13.9. The molecule has 0 unspecified atom stereocenters. The molecule has 0 radical (unpaired) electrons.